The molecule has 0 spiro atoms. The molecule has 0 aliphatic carbocycles. The lowest BCUT2D eigenvalue weighted by Gasteiger charge is -2.15. The largest absolute Gasteiger partial charge is 0.388 e. The van der Waals surface area contributed by atoms with Gasteiger partial charge in [-0.15, -0.1) is 0 Å². The van der Waals surface area contributed by atoms with Gasteiger partial charge in [0.15, 0.2) is 11.5 Å². The maximum Gasteiger partial charge on any atom is 0.165 e. The van der Waals surface area contributed by atoms with Crippen LogP contribution in [0.15, 0.2) is 41.4 Å². The molecule has 1 aliphatic rings. The molecule has 1 saturated heterocycles. The number of aromatic nitrogens is 4. The van der Waals surface area contributed by atoms with Gasteiger partial charge in [-0.3, -0.25) is 0 Å². The van der Waals surface area contributed by atoms with E-state index in [0.717, 1.165) is 10.0 Å². The molecule has 8 nitrogen and oxygen atoms in total. The van der Waals surface area contributed by atoms with Crippen molar-refractivity contribution in [3.63, 3.8) is 0 Å². The van der Waals surface area contributed by atoms with Gasteiger partial charge < -0.3 is 24.8 Å². The van der Waals surface area contributed by atoms with Gasteiger partial charge in [0.25, 0.3) is 0 Å². The molecule has 26 heavy (non-hydrogen) atoms. The molecule has 1 aliphatic heterocycles. The smallest absolute Gasteiger partial charge is 0.165 e. The van der Waals surface area contributed by atoms with Crippen LogP contribution < -0.4 is 5.32 Å². The quantitative estimate of drug-likeness (QED) is 0.572. The summed E-state index contributed by atoms with van der Waals surface area (Å²) in [5.41, 5.74) is 2.41. The topological polar surface area (TPSA) is 105 Å². The SMILES string of the molecule is OC1COC(Cn2cnc3c(NCc4cccc(Br)c4)ncnc32)C1O. The number of nitrogens with zero attached hydrogens (tertiary/aromatic N) is 4. The number of aliphatic hydroxyl groups excluding tert-OH is 2. The van der Waals surface area contributed by atoms with Crippen molar-refractivity contribution in [1.29, 1.82) is 0 Å². The molecule has 3 aromatic rings. The molecule has 4 rings (SSSR count). The molecule has 136 valence electrons. The Morgan fingerprint density at radius 2 is 2.15 bits per heavy atom. The summed E-state index contributed by atoms with van der Waals surface area (Å²) >= 11 is 3.46. The molecule has 3 atom stereocenters. The first-order valence-corrected chi connectivity index (χ1v) is 9.03. The van der Waals surface area contributed by atoms with Gasteiger partial charge in [0.1, 0.15) is 30.2 Å². The lowest BCUT2D eigenvalue weighted by Crippen LogP contribution is -2.32. The Labute approximate surface area is 158 Å². The second-order valence-corrected chi connectivity index (χ2v) is 7.12. The van der Waals surface area contributed by atoms with E-state index < -0.39 is 18.3 Å². The van der Waals surface area contributed by atoms with Crippen molar-refractivity contribution in [3.05, 3.63) is 47.0 Å². The van der Waals surface area contributed by atoms with Crippen LogP contribution in [0.25, 0.3) is 11.2 Å². The van der Waals surface area contributed by atoms with E-state index in [9.17, 15) is 10.2 Å². The third-order valence-electron chi connectivity index (χ3n) is 4.38. The van der Waals surface area contributed by atoms with Crippen LogP contribution >= 0.6 is 15.9 Å². The lowest BCUT2D eigenvalue weighted by molar-refractivity contribution is 0.0157. The maximum absolute atomic E-state index is 9.96. The van der Waals surface area contributed by atoms with Gasteiger partial charge in [-0.2, -0.15) is 0 Å². The van der Waals surface area contributed by atoms with Gasteiger partial charge in [0, 0.05) is 11.0 Å². The highest BCUT2D eigenvalue weighted by Gasteiger charge is 2.35. The highest BCUT2D eigenvalue weighted by molar-refractivity contribution is 9.10. The van der Waals surface area contributed by atoms with E-state index in [1.54, 1.807) is 10.9 Å². The number of nitrogens with one attached hydrogen (secondary N) is 1. The number of fused-ring (bicyclic) bond motifs is 1. The van der Waals surface area contributed by atoms with E-state index in [1.165, 1.54) is 6.33 Å². The van der Waals surface area contributed by atoms with E-state index in [0.29, 0.717) is 30.1 Å². The summed E-state index contributed by atoms with van der Waals surface area (Å²) in [6.07, 6.45) is 0.861. The Morgan fingerprint density at radius 3 is 2.92 bits per heavy atom. The Hall–Kier alpha value is -2.07. The molecule has 1 fully saturated rings. The molecule has 2 aromatic heterocycles. The first-order valence-electron chi connectivity index (χ1n) is 8.23. The van der Waals surface area contributed by atoms with Gasteiger partial charge in [0.2, 0.25) is 0 Å². The fourth-order valence-corrected chi connectivity index (χ4v) is 3.44. The normalized spacial score (nSPS) is 22.8. The van der Waals surface area contributed by atoms with Crippen molar-refractivity contribution in [2.24, 2.45) is 0 Å². The average Bonchev–Trinajstić information content (AvgIpc) is 3.19. The van der Waals surface area contributed by atoms with Crippen molar-refractivity contribution < 1.29 is 14.9 Å². The van der Waals surface area contributed by atoms with E-state index in [1.807, 2.05) is 24.3 Å². The van der Waals surface area contributed by atoms with Crippen LogP contribution in [0, 0.1) is 0 Å². The monoisotopic (exact) mass is 419 g/mol. The van der Waals surface area contributed by atoms with E-state index in [2.05, 4.69) is 36.2 Å². The summed E-state index contributed by atoms with van der Waals surface area (Å²) < 4.78 is 8.25. The zero-order valence-corrected chi connectivity index (χ0v) is 15.4. The van der Waals surface area contributed by atoms with Gasteiger partial charge in [0.05, 0.1) is 19.5 Å². The Morgan fingerprint density at radius 1 is 1.27 bits per heavy atom. The van der Waals surface area contributed by atoms with Gasteiger partial charge in [-0.1, -0.05) is 28.1 Å². The molecule has 1 aromatic carbocycles. The first kappa shape index (κ1) is 17.3. The van der Waals surface area contributed by atoms with Crippen LogP contribution in [0.4, 0.5) is 5.82 Å². The van der Waals surface area contributed by atoms with Crippen LogP contribution in [0.5, 0.6) is 0 Å². The van der Waals surface area contributed by atoms with Crippen molar-refractivity contribution in [1.82, 2.24) is 19.5 Å². The Bertz CT molecular complexity index is 918. The predicted molar refractivity (Wildman–Crippen MR) is 98.5 cm³/mol. The number of hydrogen-bond acceptors (Lipinski definition) is 7. The number of ether oxygens (including phenoxy) is 1. The number of rotatable bonds is 5. The molecule has 0 radical (unpaired) electrons. The minimum atomic E-state index is -0.914. The standard InChI is InChI=1S/C17H18BrN5O3/c18-11-3-1-2-10(4-11)5-19-16-14-17(21-8-20-16)23(9-22-14)6-13-15(25)12(24)7-26-13/h1-4,8-9,12-13,15,24-25H,5-7H2,(H,19,20,21). The third kappa shape index (κ3) is 3.43. The lowest BCUT2D eigenvalue weighted by atomic mass is 10.1. The summed E-state index contributed by atoms with van der Waals surface area (Å²) in [5.74, 6) is 0.640. The summed E-state index contributed by atoms with van der Waals surface area (Å²) in [6, 6.07) is 8.02. The van der Waals surface area contributed by atoms with Crippen LogP contribution in [-0.4, -0.2) is 54.7 Å². The molecular weight excluding hydrogens is 402 g/mol. The molecule has 3 heterocycles. The zero-order valence-electron chi connectivity index (χ0n) is 13.8. The van der Waals surface area contributed by atoms with Crippen LogP contribution in [0.1, 0.15) is 5.56 Å². The maximum atomic E-state index is 9.96. The fourth-order valence-electron chi connectivity index (χ4n) is 3.00. The molecule has 3 N–H and O–H groups in total. The van der Waals surface area contributed by atoms with Crippen molar-refractivity contribution in [2.75, 3.05) is 11.9 Å². The highest BCUT2D eigenvalue weighted by Crippen LogP contribution is 2.22. The number of aliphatic hydroxyl groups is 2. The van der Waals surface area contributed by atoms with Crippen molar-refractivity contribution in [3.8, 4) is 0 Å². The number of benzene rings is 1. The molecule has 0 bridgehead atoms. The third-order valence-corrected chi connectivity index (χ3v) is 4.88. The first-order chi connectivity index (χ1) is 12.6. The minimum Gasteiger partial charge on any atom is -0.388 e. The molecule has 3 unspecified atom stereocenters. The van der Waals surface area contributed by atoms with Crippen molar-refractivity contribution in [2.45, 2.75) is 31.4 Å². The summed E-state index contributed by atoms with van der Waals surface area (Å²) in [4.78, 5) is 13.0. The number of hydrogen-bond donors (Lipinski definition) is 3. The highest BCUT2D eigenvalue weighted by atomic mass is 79.9. The molecule has 0 amide bonds. The van der Waals surface area contributed by atoms with Crippen molar-refractivity contribution >= 4 is 32.9 Å². The predicted octanol–water partition coefficient (Wildman–Crippen LogP) is 1.32. The van der Waals surface area contributed by atoms with Crippen LogP contribution in [0.3, 0.4) is 0 Å². The van der Waals surface area contributed by atoms with Crippen LogP contribution in [0.2, 0.25) is 0 Å². The minimum absolute atomic E-state index is 0.132. The Kier molecular flexibility index (Phi) is 4.86. The number of imidazole rings is 1. The summed E-state index contributed by atoms with van der Waals surface area (Å²) in [6.45, 7) is 1.10. The van der Waals surface area contributed by atoms with E-state index in [-0.39, 0.29) is 6.61 Å². The number of anilines is 1. The zero-order chi connectivity index (χ0) is 18.1. The van der Waals surface area contributed by atoms with E-state index >= 15 is 0 Å². The summed E-state index contributed by atoms with van der Waals surface area (Å²) in [7, 11) is 0. The fraction of sp³-hybridized carbons (Fsp3) is 0.353. The molecular formula is C17H18BrN5O3. The van der Waals surface area contributed by atoms with Crippen LogP contribution in [-0.2, 0) is 17.8 Å². The number of halogens is 1. The molecule has 0 saturated carbocycles. The second kappa shape index (κ2) is 7.28. The molecule has 9 heteroatoms. The van der Waals surface area contributed by atoms with Gasteiger partial charge in [-0.05, 0) is 17.7 Å². The van der Waals surface area contributed by atoms with E-state index in [4.69, 9.17) is 4.74 Å². The Balaban J connectivity index is 1.53. The average molecular weight is 420 g/mol. The second-order valence-electron chi connectivity index (χ2n) is 6.20. The summed E-state index contributed by atoms with van der Waals surface area (Å²) in [5, 5.41) is 22.9. The van der Waals surface area contributed by atoms with Gasteiger partial charge in [-0.25, -0.2) is 15.0 Å². The van der Waals surface area contributed by atoms with Gasteiger partial charge >= 0.3 is 0 Å².